The molecule has 0 fully saturated rings. The van der Waals surface area contributed by atoms with Crippen molar-refractivity contribution in [2.45, 2.75) is 13.0 Å². The molecule has 1 nitrogen and oxygen atoms in total. The predicted octanol–water partition coefficient (Wildman–Crippen LogP) is 3.53. The fourth-order valence-electron chi connectivity index (χ4n) is 1.77. The molecular formula is C17H16FN. The van der Waals surface area contributed by atoms with Gasteiger partial charge >= 0.3 is 0 Å². The van der Waals surface area contributed by atoms with Gasteiger partial charge in [0.05, 0.1) is 6.54 Å². The van der Waals surface area contributed by atoms with Crippen molar-refractivity contribution in [3.05, 3.63) is 71.5 Å². The lowest BCUT2D eigenvalue weighted by atomic mass is 10.1. The zero-order valence-electron chi connectivity index (χ0n) is 10.9. The summed E-state index contributed by atoms with van der Waals surface area (Å²) < 4.78 is 13.1. The minimum Gasteiger partial charge on any atom is -0.300 e. The molecule has 2 heteroatoms. The lowest BCUT2D eigenvalue weighted by Crippen LogP contribution is -2.18. The highest BCUT2D eigenvalue weighted by molar-refractivity contribution is 5.33. The molecule has 0 spiro atoms. The third-order valence-corrected chi connectivity index (χ3v) is 2.85. The average molecular weight is 253 g/mol. The maximum Gasteiger partial charge on any atom is 0.123 e. The average Bonchev–Trinajstić information content (AvgIpc) is 2.44. The zero-order valence-corrected chi connectivity index (χ0v) is 10.9. The van der Waals surface area contributed by atoms with Crippen molar-refractivity contribution in [2.75, 3.05) is 6.54 Å². The lowest BCUT2D eigenvalue weighted by Gasteiger charge is -2.11. The number of nitrogens with one attached hydrogen (secondary N) is 1. The molecule has 0 amide bonds. The van der Waals surface area contributed by atoms with E-state index in [1.165, 1.54) is 6.07 Å². The first-order valence-electron chi connectivity index (χ1n) is 6.28. The van der Waals surface area contributed by atoms with E-state index in [1.807, 2.05) is 43.3 Å². The Morgan fingerprint density at radius 1 is 1.11 bits per heavy atom. The molecule has 0 unspecified atom stereocenters. The molecule has 0 saturated heterocycles. The van der Waals surface area contributed by atoms with Crippen LogP contribution < -0.4 is 5.32 Å². The molecule has 0 saturated carbocycles. The fourth-order valence-corrected chi connectivity index (χ4v) is 1.77. The summed E-state index contributed by atoms with van der Waals surface area (Å²) in [5.41, 5.74) is 1.93. The maximum atomic E-state index is 13.1. The second-order valence-electron chi connectivity index (χ2n) is 4.33. The summed E-state index contributed by atoms with van der Waals surface area (Å²) in [5, 5.41) is 3.26. The largest absolute Gasteiger partial charge is 0.300 e. The van der Waals surface area contributed by atoms with Gasteiger partial charge in [0.1, 0.15) is 5.82 Å². The van der Waals surface area contributed by atoms with E-state index < -0.39 is 0 Å². The van der Waals surface area contributed by atoms with E-state index in [4.69, 9.17) is 0 Å². The van der Waals surface area contributed by atoms with E-state index in [2.05, 4.69) is 17.2 Å². The summed E-state index contributed by atoms with van der Waals surface area (Å²) in [6.45, 7) is 2.57. The molecular weight excluding hydrogens is 237 g/mol. The van der Waals surface area contributed by atoms with E-state index in [1.54, 1.807) is 12.1 Å². The third-order valence-electron chi connectivity index (χ3n) is 2.85. The molecule has 0 bridgehead atoms. The molecule has 1 atom stereocenters. The molecule has 0 aliphatic heterocycles. The third kappa shape index (κ3) is 4.24. The highest BCUT2D eigenvalue weighted by atomic mass is 19.1. The van der Waals surface area contributed by atoms with Crippen molar-refractivity contribution in [1.82, 2.24) is 5.32 Å². The highest BCUT2D eigenvalue weighted by Gasteiger charge is 2.03. The van der Waals surface area contributed by atoms with Crippen LogP contribution in [-0.4, -0.2) is 6.54 Å². The van der Waals surface area contributed by atoms with Crippen molar-refractivity contribution < 1.29 is 4.39 Å². The molecule has 0 radical (unpaired) electrons. The normalized spacial score (nSPS) is 11.5. The Balaban J connectivity index is 1.88. The second-order valence-corrected chi connectivity index (χ2v) is 4.33. The van der Waals surface area contributed by atoms with E-state index in [0.29, 0.717) is 6.54 Å². The quantitative estimate of drug-likeness (QED) is 0.825. The minimum absolute atomic E-state index is 0.0840. The van der Waals surface area contributed by atoms with Gasteiger partial charge in [0.25, 0.3) is 0 Å². The van der Waals surface area contributed by atoms with Crippen LogP contribution in [0.2, 0.25) is 0 Å². The van der Waals surface area contributed by atoms with Gasteiger partial charge in [0.15, 0.2) is 0 Å². The first kappa shape index (κ1) is 13.3. The molecule has 0 aliphatic carbocycles. The number of halogens is 1. The Hall–Kier alpha value is -2.11. The van der Waals surface area contributed by atoms with Crippen LogP contribution in [0.5, 0.6) is 0 Å². The van der Waals surface area contributed by atoms with Crippen LogP contribution in [0.25, 0.3) is 0 Å². The zero-order chi connectivity index (χ0) is 13.5. The Morgan fingerprint density at radius 2 is 1.89 bits per heavy atom. The standard InChI is InChI=1S/C17H16FN/c1-14(16-10-5-11-17(18)13-16)19-12-6-9-15-7-3-2-4-8-15/h2-5,7-8,10-11,13-14,19H,12H2,1H3/t14-/m0/s1. The van der Waals surface area contributed by atoms with Crippen LogP contribution in [0.3, 0.4) is 0 Å². The van der Waals surface area contributed by atoms with Crippen LogP contribution in [0.15, 0.2) is 54.6 Å². The summed E-state index contributed by atoms with van der Waals surface area (Å²) in [6.07, 6.45) is 0. The van der Waals surface area contributed by atoms with E-state index in [-0.39, 0.29) is 11.9 Å². The first-order chi connectivity index (χ1) is 9.25. The summed E-state index contributed by atoms with van der Waals surface area (Å²) in [4.78, 5) is 0. The van der Waals surface area contributed by atoms with Crippen molar-refractivity contribution in [2.24, 2.45) is 0 Å². The number of hydrogen-bond donors (Lipinski definition) is 1. The fraction of sp³-hybridized carbons (Fsp3) is 0.176. The summed E-state index contributed by atoms with van der Waals surface area (Å²) in [5.74, 6) is 5.93. The van der Waals surface area contributed by atoms with Gasteiger partial charge in [-0.15, -0.1) is 0 Å². The van der Waals surface area contributed by atoms with Crippen LogP contribution in [0, 0.1) is 17.7 Å². The Bertz CT molecular complexity index is 581. The second kappa shape index (κ2) is 6.72. The van der Waals surface area contributed by atoms with Gasteiger partial charge in [0.2, 0.25) is 0 Å². The van der Waals surface area contributed by atoms with Crippen LogP contribution >= 0.6 is 0 Å². The smallest absolute Gasteiger partial charge is 0.123 e. The van der Waals surface area contributed by atoms with Gasteiger partial charge in [-0.25, -0.2) is 4.39 Å². The molecule has 96 valence electrons. The monoisotopic (exact) mass is 253 g/mol. The molecule has 0 heterocycles. The van der Waals surface area contributed by atoms with Gasteiger partial charge in [-0.3, -0.25) is 5.32 Å². The Kier molecular flexibility index (Phi) is 4.72. The van der Waals surface area contributed by atoms with Crippen LogP contribution in [0.1, 0.15) is 24.1 Å². The van der Waals surface area contributed by atoms with E-state index in [0.717, 1.165) is 11.1 Å². The molecule has 2 rings (SSSR count). The van der Waals surface area contributed by atoms with Crippen LogP contribution in [0.4, 0.5) is 4.39 Å². The predicted molar refractivity (Wildman–Crippen MR) is 76.1 cm³/mol. The number of hydrogen-bond acceptors (Lipinski definition) is 1. The lowest BCUT2D eigenvalue weighted by molar-refractivity contribution is 0.598. The molecule has 2 aromatic carbocycles. The van der Waals surface area contributed by atoms with E-state index >= 15 is 0 Å². The van der Waals surface area contributed by atoms with Gasteiger partial charge in [-0.1, -0.05) is 42.2 Å². The minimum atomic E-state index is -0.207. The van der Waals surface area contributed by atoms with Crippen molar-refractivity contribution in [3.8, 4) is 11.8 Å². The SMILES string of the molecule is C[C@H](NCC#Cc1ccccc1)c1cccc(F)c1. The van der Waals surface area contributed by atoms with Crippen molar-refractivity contribution in [1.29, 1.82) is 0 Å². The number of benzene rings is 2. The summed E-state index contributed by atoms with van der Waals surface area (Å²) in [7, 11) is 0. The number of rotatable bonds is 3. The van der Waals surface area contributed by atoms with Crippen molar-refractivity contribution >= 4 is 0 Å². The summed E-state index contributed by atoms with van der Waals surface area (Å²) in [6, 6.07) is 16.6. The van der Waals surface area contributed by atoms with Crippen LogP contribution in [-0.2, 0) is 0 Å². The van der Waals surface area contributed by atoms with Gasteiger partial charge in [0, 0.05) is 11.6 Å². The molecule has 2 aromatic rings. The Morgan fingerprint density at radius 3 is 2.63 bits per heavy atom. The topological polar surface area (TPSA) is 12.0 Å². The maximum absolute atomic E-state index is 13.1. The molecule has 19 heavy (non-hydrogen) atoms. The van der Waals surface area contributed by atoms with E-state index in [9.17, 15) is 4.39 Å². The van der Waals surface area contributed by atoms with Gasteiger partial charge in [-0.05, 0) is 36.8 Å². The van der Waals surface area contributed by atoms with Gasteiger partial charge in [-0.2, -0.15) is 0 Å². The van der Waals surface area contributed by atoms with Gasteiger partial charge < -0.3 is 0 Å². The molecule has 0 aromatic heterocycles. The molecule has 1 N–H and O–H groups in total. The first-order valence-corrected chi connectivity index (χ1v) is 6.28. The van der Waals surface area contributed by atoms with Crippen molar-refractivity contribution in [3.63, 3.8) is 0 Å². The highest BCUT2D eigenvalue weighted by Crippen LogP contribution is 2.12. The summed E-state index contributed by atoms with van der Waals surface area (Å²) >= 11 is 0. The Labute approximate surface area is 113 Å². The molecule has 0 aliphatic rings.